The molecule has 106 heavy (non-hydrogen) atoms. The highest BCUT2D eigenvalue weighted by Crippen LogP contribution is 2.46. The average molecular weight is 1510 g/mol. The molecule has 4 atom stereocenters. The summed E-state index contributed by atoms with van der Waals surface area (Å²) in [4.78, 5) is 15.5. The third-order valence-corrected chi connectivity index (χ3v) is 28.4. The lowest BCUT2D eigenvalue weighted by molar-refractivity contribution is 0.0629. The number of halogens is 4. The monoisotopic (exact) mass is 1500 g/mol. The van der Waals surface area contributed by atoms with Crippen LogP contribution in [0.25, 0.3) is 44.5 Å². The fourth-order valence-corrected chi connectivity index (χ4v) is 12.4. The summed E-state index contributed by atoms with van der Waals surface area (Å²) in [5, 5.41) is 62.5. The van der Waals surface area contributed by atoms with Crippen LogP contribution in [-0.2, 0) is 35.3 Å². The minimum absolute atomic E-state index is 0.109. The third-order valence-electron chi connectivity index (χ3n) is 19.4. The quantitative estimate of drug-likeness (QED) is 0.0308. The van der Waals surface area contributed by atoms with Crippen LogP contribution in [0.4, 0.5) is 17.6 Å². The van der Waals surface area contributed by atoms with Crippen LogP contribution in [0.15, 0.2) is 122 Å². The molecule has 4 aromatic carbocycles. The molecule has 0 fully saturated rings. The SMILES string of the molecule is COc1cc(-c2ccc(CO)cc2[C@@H](O)C(C)(C)C)c(F)cn1.COc1cc(-c2ccc(CO)cc2[C@H](O)C(C)(C)C)c(F)cn1.COc1cc(-c2ccc(CO[Si](C)(C)C(C)(C)C)cc2[C@@H](O)C(C)(C)C)c(F)cn1.COc1cc(-c2ccc(CO[Si](C)(C)C(C)(C)C)cc2[C@H](O)C(C)(C)C)c(F)cn1. The molecular weight excluding hydrogens is 1390 g/mol. The van der Waals surface area contributed by atoms with Gasteiger partial charge in [0.25, 0.3) is 0 Å². The van der Waals surface area contributed by atoms with Crippen LogP contribution < -0.4 is 18.9 Å². The van der Waals surface area contributed by atoms with E-state index in [4.69, 9.17) is 27.8 Å². The molecule has 0 bridgehead atoms. The highest BCUT2D eigenvalue weighted by Gasteiger charge is 2.39. The second-order valence-electron chi connectivity index (χ2n) is 34.0. The summed E-state index contributed by atoms with van der Waals surface area (Å²) in [6.45, 7) is 45.9. The van der Waals surface area contributed by atoms with Crippen molar-refractivity contribution < 1.29 is 76.0 Å². The van der Waals surface area contributed by atoms with Gasteiger partial charge in [0.2, 0.25) is 23.5 Å². The molecule has 4 heterocycles. The van der Waals surface area contributed by atoms with Crippen molar-refractivity contribution in [3.05, 3.63) is 190 Å². The Morgan fingerprint density at radius 1 is 0.321 bits per heavy atom. The minimum Gasteiger partial charge on any atom is -0.481 e. The molecule has 16 nitrogen and oxygen atoms in total. The van der Waals surface area contributed by atoms with Crippen molar-refractivity contribution in [1.82, 2.24) is 19.9 Å². The van der Waals surface area contributed by atoms with E-state index in [-0.39, 0.29) is 23.3 Å². The van der Waals surface area contributed by atoms with E-state index < -0.39 is 86.0 Å². The molecule has 0 unspecified atom stereocenters. The number of hydrogen-bond donors (Lipinski definition) is 6. The molecule has 0 aliphatic rings. The second kappa shape index (κ2) is 36.2. The lowest BCUT2D eigenvalue weighted by Gasteiger charge is -2.36. The summed E-state index contributed by atoms with van der Waals surface area (Å²) >= 11 is 0. The third kappa shape index (κ3) is 23.3. The lowest BCUT2D eigenvalue weighted by Crippen LogP contribution is -2.40. The molecule has 8 rings (SSSR count). The van der Waals surface area contributed by atoms with E-state index in [1.54, 1.807) is 48.5 Å². The summed E-state index contributed by atoms with van der Waals surface area (Å²) in [6.07, 6.45) is 1.30. The average Bonchev–Trinajstić information content (AvgIpc) is 0.804. The van der Waals surface area contributed by atoms with Crippen LogP contribution in [0.1, 0.15) is 194 Å². The van der Waals surface area contributed by atoms with Gasteiger partial charge >= 0.3 is 0 Å². The number of methoxy groups -OCH3 is 4. The van der Waals surface area contributed by atoms with Crippen LogP contribution in [0.3, 0.4) is 0 Å². The summed E-state index contributed by atoms with van der Waals surface area (Å²) in [5.41, 5.74) is 7.73. The maximum Gasteiger partial charge on any atom is 0.213 e. The number of aliphatic hydroxyl groups excluding tert-OH is 6. The van der Waals surface area contributed by atoms with E-state index in [0.717, 1.165) is 35.9 Å². The molecule has 4 aromatic heterocycles. The van der Waals surface area contributed by atoms with Crippen molar-refractivity contribution in [3.8, 4) is 68.0 Å². The van der Waals surface area contributed by atoms with Gasteiger partial charge in [0, 0.05) is 46.5 Å². The van der Waals surface area contributed by atoms with Gasteiger partial charge in [-0.25, -0.2) is 37.5 Å². The van der Waals surface area contributed by atoms with Crippen molar-refractivity contribution in [2.24, 2.45) is 21.7 Å². The first-order chi connectivity index (χ1) is 48.9. The minimum atomic E-state index is -1.92. The topological polar surface area (TPSA) is 228 Å². The van der Waals surface area contributed by atoms with E-state index in [0.29, 0.717) is 115 Å². The van der Waals surface area contributed by atoms with Crippen molar-refractivity contribution >= 4 is 16.6 Å². The first kappa shape index (κ1) is 89.1. The van der Waals surface area contributed by atoms with Gasteiger partial charge in [-0.2, -0.15) is 0 Å². The Kier molecular flexibility index (Phi) is 30.4. The molecule has 0 aliphatic carbocycles. The van der Waals surface area contributed by atoms with Crippen molar-refractivity contribution in [1.29, 1.82) is 0 Å². The first-order valence-electron chi connectivity index (χ1n) is 35.4. The number of ether oxygens (including phenoxy) is 4. The maximum atomic E-state index is 14.6. The Bertz CT molecular complexity index is 3960. The lowest BCUT2D eigenvalue weighted by atomic mass is 9.81. The van der Waals surface area contributed by atoms with Gasteiger partial charge in [0.05, 0.1) is 104 Å². The fraction of sp³-hybridized carbons (Fsp3) is 0.476. The number of aliphatic hydroxyl groups is 6. The molecule has 22 heteroatoms. The molecule has 0 radical (unpaired) electrons. The maximum absolute atomic E-state index is 14.6. The van der Waals surface area contributed by atoms with Crippen molar-refractivity contribution in [2.75, 3.05) is 28.4 Å². The predicted molar refractivity (Wildman–Crippen MR) is 418 cm³/mol. The first-order valence-corrected chi connectivity index (χ1v) is 41.2. The van der Waals surface area contributed by atoms with Gasteiger partial charge < -0.3 is 58.4 Å². The number of pyridine rings is 4. The van der Waals surface area contributed by atoms with E-state index in [9.17, 15) is 48.2 Å². The Balaban J connectivity index is 0.000000256. The van der Waals surface area contributed by atoms with Crippen LogP contribution >= 0.6 is 0 Å². The van der Waals surface area contributed by atoms with E-state index in [1.165, 1.54) is 40.6 Å². The molecule has 0 spiro atoms. The van der Waals surface area contributed by atoms with Crippen LogP contribution in [0, 0.1) is 44.9 Å². The van der Waals surface area contributed by atoms with Crippen LogP contribution in [0.2, 0.25) is 36.3 Å². The molecule has 6 N–H and O–H groups in total. The number of aromatic nitrogens is 4. The van der Waals surface area contributed by atoms with Crippen LogP contribution in [-0.4, -0.2) is 95.6 Å². The molecule has 580 valence electrons. The summed E-state index contributed by atoms with van der Waals surface area (Å²) in [6, 6.07) is 27.8. The van der Waals surface area contributed by atoms with E-state index in [1.807, 2.05) is 119 Å². The zero-order chi connectivity index (χ0) is 80.2. The van der Waals surface area contributed by atoms with Gasteiger partial charge in [-0.1, -0.05) is 197 Å². The van der Waals surface area contributed by atoms with Gasteiger partial charge in [0.15, 0.2) is 16.6 Å². The summed E-state index contributed by atoms with van der Waals surface area (Å²) in [5.74, 6) is -0.657. The van der Waals surface area contributed by atoms with Gasteiger partial charge in [0.1, 0.15) is 23.3 Å². The second-order valence-corrected chi connectivity index (χ2v) is 43.6. The summed E-state index contributed by atoms with van der Waals surface area (Å²) in [7, 11) is 2.09. The number of nitrogens with zero attached hydrogens (tertiary/aromatic N) is 4. The highest BCUT2D eigenvalue weighted by molar-refractivity contribution is 6.74. The Morgan fingerprint density at radius 3 is 0.698 bits per heavy atom. The Morgan fingerprint density at radius 2 is 0.519 bits per heavy atom. The molecular formula is C84H116F4N4O12Si2. The number of benzene rings is 4. The molecule has 0 saturated carbocycles. The van der Waals surface area contributed by atoms with Crippen molar-refractivity contribution in [3.63, 3.8) is 0 Å². The largest absolute Gasteiger partial charge is 0.481 e. The zero-order valence-electron chi connectivity index (χ0n) is 67.1. The molecule has 0 saturated heterocycles. The van der Waals surface area contributed by atoms with E-state index >= 15 is 0 Å². The molecule has 8 aromatic rings. The normalized spacial score (nSPS) is 13.5. The van der Waals surface area contributed by atoms with Gasteiger partial charge in [-0.15, -0.1) is 0 Å². The van der Waals surface area contributed by atoms with E-state index in [2.05, 4.69) is 87.7 Å². The number of rotatable bonds is 20. The molecule has 0 amide bonds. The Labute approximate surface area is 628 Å². The number of hydrogen-bond acceptors (Lipinski definition) is 16. The van der Waals surface area contributed by atoms with Crippen molar-refractivity contribution in [2.45, 2.75) is 212 Å². The predicted octanol–water partition coefficient (Wildman–Crippen LogP) is 19.9. The highest BCUT2D eigenvalue weighted by atomic mass is 28.4. The summed E-state index contributed by atoms with van der Waals surface area (Å²) < 4.78 is 91.0. The van der Waals surface area contributed by atoms with Gasteiger partial charge in [-0.05, 0) is 125 Å². The smallest absolute Gasteiger partial charge is 0.213 e. The Hall–Kier alpha value is -7.49. The fourth-order valence-electron chi connectivity index (χ4n) is 10.5. The molecule has 0 aliphatic heterocycles. The standard InChI is InChI=1S/2C24H36FNO3Si.2C18H22FNO3/c2*1-23(2,3)22(27)19-12-16(15-29-30(8,9)24(4,5)6)10-11-17(19)18-13-21(28-7)26-14-20(18)25;2*1-18(2,3)17(22)14-7-11(10-21)5-6-12(14)13-8-16(23-4)20-9-15(13)19/h2*10-14,22,27H,15H2,1-9H3;2*5-9,17,21-22H,10H2,1-4H3/t2*22-;2*17-/m1010/s1. The van der Waals surface area contributed by atoms with Gasteiger partial charge in [-0.3, -0.25) is 0 Å². The zero-order valence-corrected chi connectivity index (χ0v) is 69.1. The van der Waals surface area contributed by atoms with Crippen LogP contribution in [0.5, 0.6) is 23.5 Å².